The summed E-state index contributed by atoms with van der Waals surface area (Å²) < 4.78 is 52.2. The second-order valence-corrected chi connectivity index (χ2v) is 13.7. The van der Waals surface area contributed by atoms with Crippen molar-refractivity contribution in [3.05, 3.63) is 106 Å². The maximum absolute atomic E-state index is 15.1. The first-order chi connectivity index (χ1) is 26.0. The van der Waals surface area contributed by atoms with Crippen molar-refractivity contribution in [1.29, 1.82) is 0 Å². The van der Waals surface area contributed by atoms with Crippen molar-refractivity contribution in [1.82, 2.24) is 35.6 Å². The lowest BCUT2D eigenvalue weighted by Crippen LogP contribution is -2.36. The predicted molar refractivity (Wildman–Crippen MR) is 198 cm³/mol. The lowest BCUT2D eigenvalue weighted by Gasteiger charge is -2.20. The molecule has 2 aliphatic heterocycles. The number of benzene rings is 2. The molecule has 5 aromatic rings. The highest BCUT2D eigenvalue weighted by atomic mass is 19.4. The van der Waals surface area contributed by atoms with Gasteiger partial charge in [0.1, 0.15) is 5.65 Å². The topological polar surface area (TPSA) is 139 Å². The molecular formula is C40H40F3N7O4. The Kier molecular flexibility index (Phi) is 10.5. The molecule has 0 saturated carbocycles. The fourth-order valence-corrected chi connectivity index (χ4v) is 7.29. The summed E-state index contributed by atoms with van der Waals surface area (Å²) in [6.45, 7) is 3.52. The highest BCUT2D eigenvalue weighted by Gasteiger charge is 2.37. The largest absolute Gasteiger partial charge is 0.481 e. The number of amides is 2. The minimum Gasteiger partial charge on any atom is -0.481 e. The Morgan fingerprint density at radius 3 is 2.09 bits per heavy atom. The van der Waals surface area contributed by atoms with Crippen molar-refractivity contribution in [2.45, 2.75) is 64.0 Å². The molecule has 14 heteroatoms. The van der Waals surface area contributed by atoms with E-state index >= 15 is 13.2 Å². The van der Waals surface area contributed by atoms with Crippen LogP contribution in [0.15, 0.2) is 77.9 Å². The van der Waals surface area contributed by atoms with Crippen LogP contribution >= 0.6 is 0 Å². The zero-order chi connectivity index (χ0) is 38.0. The molecule has 3 aromatic heterocycles. The van der Waals surface area contributed by atoms with E-state index in [4.69, 9.17) is 4.74 Å². The van der Waals surface area contributed by atoms with Gasteiger partial charge in [0, 0.05) is 80.2 Å². The molecule has 2 aromatic carbocycles. The Balaban J connectivity index is 1.16. The predicted octanol–water partition coefficient (Wildman–Crippen LogP) is 5.16. The summed E-state index contributed by atoms with van der Waals surface area (Å²) in [6.07, 6.45) is 0.903. The van der Waals surface area contributed by atoms with Gasteiger partial charge in [-0.05, 0) is 65.8 Å². The van der Waals surface area contributed by atoms with Gasteiger partial charge in [-0.15, -0.1) is 0 Å². The lowest BCUT2D eigenvalue weighted by molar-refractivity contribution is -0.136. The highest BCUT2D eigenvalue weighted by molar-refractivity contribution is 5.84. The van der Waals surface area contributed by atoms with Crippen LogP contribution in [0.4, 0.5) is 13.2 Å². The van der Waals surface area contributed by atoms with Gasteiger partial charge >= 0.3 is 6.18 Å². The standard InChI is InChI=1S/C40H40F3N7O4/c1-23-29(24-15-16-50-34(17-24)46-20-26(39(50)53)19-45-22-28-11-14-36(52)48-28)5-3-6-30(23)31-7-4-8-32(37(31)40(41,42)43)33-12-9-25(38(49-33)54-2)18-44-21-27-10-13-35(51)47-27/h3-9,12,15-17,20,27-28,44-45H,10-11,13-14,18-19,21-22H2,1-2H3,(H,47,51)(H,48,52)/t27-,28-/m1/s1. The monoisotopic (exact) mass is 739 g/mol. The van der Waals surface area contributed by atoms with Gasteiger partial charge in [-0.3, -0.25) is 18.8 Å². The number of carbonyl (C=O) groups is 2. The van der Waals surface area contributed by atoms with Crippen LogP contribution in [0.2, 0.25) is 0 Å². The van der Waals surface area contributed by atoms with E-state index in [1.807, 2.05) is 6.07 Å². The van der Waals surface area contributed by atoms with Crippen molar-refractivity contribution in [2.75, 3.05) is 20.2 Å². The van der Waals surface area contributed by atoms with E-state index in [-0.39, 0.29) is 58.7 Å². The minimum atomic E-state index is -4.72. The SMILES string of the molecule is COc1nc(-c2cccc(-c3cccc(-c4ccn5c(=O)c(CNC[C@H]6CCC(=O)N6)cnc5c4)c3C)c2C(F)(F)F)ccc1CNC[C@H]1CCC(=O)N1. The Morgan fingerprint density at radius 2 is 1.46 bits per heavy atom. The van der Waals surface area contributed by atoms with Gasteiger partial charge < -0.3 is 26.0 Å². The van der Waals surface area contributed by atoms with Crippen LogP contribution in [-0.4, -0.2) is 58.5 Å². The molecule has 0 aliphatic carbocycles. The first-order valence-electron chi connectivity index (χ1n) is 17.9. The van der Waals surface area contributed by atoms with Gasteiger partial charge in [0.25, 0.3) is 5.56 Å². The number of hydrogen-bond donors (Lipinski definition) is 4. The van der Waals surface area contributed by atoms with Crippen molar-refractivity contribution < 1.29 is 27.5 Å². The smallest absolute Gasteiger partial charge is 0.417 e. The van der Waals surface area contributed by atoms with Gasteiger partial charge in [-0.2, -0.15) is 13.2 Å². The maximum Gasteiger partial charge on any atom is 0.417 e. The van der Waals surface area contributed by atoms with E-state index in [1.54, 1.807) is 55.6 Å². The number of nitrogens with one attached hydrogen (secondary N) is 4. The van der Waals surface area contributed by atoms with E-state index in [0.717, 1.165) is 12.8 Å². The van der Waals surface area contributed by atoms with Crippen LogP contribution in [0.1, 0.15) is 47.9 Å². The van der Waals surface area contributed by atoms with Gasteiger partial charge in [-0.1, -0.05) is 42.5 Å². The van der Waals surface area contributed by atoms with Crippen LogP contribution in [-0.2, 0) is 28.9 Å². The first-order valence-corrected chi connectivity index (χ1v) is 17.9. The molecule has 11 nitrogen and oxygen atoms in total. The number of aromatic nitrogens is 3. The molecule has 2 saturated heterocycles. The molecule has 2 aliphatic rings. The van der Waals surface area contributed by atoms with Crippen molar-refractivity contribution >= 4 is 17.5 Å². The quantitative estimate of drug-likeness (QED) is 0.138. The van der Waals surface area contributed by atoms with E-state index in [9.17, 15) is 14.4 Å². The number of halogens is 3. The molecule has 5 heterocycles. The van der Waals surface area contributed by atoms with Crippen LogP contribution < -0.4 is 31.6 Å². The third kappa shape index (κ3) is 7.71. The van der Waals surface area contributed by atoms with Gasteiger partial charge in [-0.25, -0.2) is 9.97 Å². The Labute approximate surface area is 309 Å². The van der Waals surface area contributed by atoms with Crippen LogP contribution in [0, 0.1) is 6.92 Å². The summed E-state index contributed by atoms with van der Waals surface area (Å²) in [5, 5.41) is 12.3. The number of hydrogen-bond acceptors (Lipinski definition) is 8. The second kappa shape index (κ2) is 15.4. The molecule has 0 spiro atoms. The number of alkyl halides is 3. The maximum atomic E-state index is 15.1. The molecule has 0 bridgehead atoms. The number of fused-ring (bicyclic) bond motifs is 1. The van der Waals surface area contributed by atoms with Crippen LogP contribution in [0.3, 0.4) is 0 Å². The van der Waals surface area contributed by atoms with E-state index in [0.29, 0.717) is 71.5 Å². The Hall–Kier alpha value is -5.60. The summed E-state index contributed by atoms with van der Waals surface area (Å²) in [6, 6.07) is 16.5. The zero-order valence-corrected chi connectivity index (χ0v) is 29.8. The van der Waals surface area contributed by atoms with Crippen molar-refractivity contribution in [3.63, 3.8) is 0 Å². The minimum absolute atomic E-state index is 0.00826. The number of nitrogens with zero attached hydrogens (tertiary/aromatic N) is 3. The molecule has 2 atom stereocenters. The number of methoxy groups -OCH3 is 1. The second-order valence-electron chi connectivity index (χ2n) is 13.7. The number of pyridine rings is 2. The molecular weight excluding hydrogens is 699 g/mol. The molecule has 2 amide bonds. The van der Waals surface area contributed by atoms with Gasteiger partial charge in [0.15, 0.2) is 0 Å². The summed E-state index contributed by atoms with van der Waals surface area (Å²) in [5.74, 6) is 0.254. The molecule has 0 radical (unpaired) electrons. The molecule has 2 fully saturated rings. The third-order valence-electron chi connectivity index (χ3n) is 10.1. The summed E-state index contributed by atoms with van der Waals surface area (Å²) in [7, 11) is 1.43. The Morgan fingerprint density at radius 1 is 0.833 bits per heavy atom. The third-order valence-corrected chi connectivity index (χ3v) is 10.1. The van der Waals surface area contributed by atoms with Crippen LogP contribution in [0.5, 0.6) is 5.88 Å². The molecule has 280 valence electrons. The summed E-state index contributed by atoms with van der Waals surface area (Å²) in [4.78, 5) is 45.3. The number of ether oxygens (including phenoxy) is 1. The van der Waals surface area contributed by atoms with Crippen molar-refractivity contribution in [2.24, 2.45) is 0 Å². The Bertz CT molecular complexity index is 2290. The fourth-order valence-electron chi connectivity index (χ4n) is 7.29. The zero-order valence-electron chi connectivity index (χ0n) is 29.8. The van der Waals surface area contributed by atoms with Crippen LogP contribution in [0.25, 0.3) is 39.2 Å². The normalized spacial score (nSPS) is 17.2. The number of rotatable bonds is 12. The highest BCUT2D eigenvalue weighted by Crippen LogP contribution is 2.45. The molecule has 7 rings (SSSR count). The molecule has 4 N–H and O–H groups in total. The average molecular weight is 740 g/mol. The van der Waals surface area contributed by atoms with Gasteiger partial charge in [0.05, 0.1) is 18.4 Å². The first kappa shape index (κ1) is 36.7. The van der Waals surface area contributed by atoms with E-state index in [2.05, 4.69) is 31.2 Å². The fraction of sp³-hybridized carbons (Fsp3) is 0.325. The van der Waals surface area contributed by atoms with Crippen molar-refractivity contribution in [3.8, 4) is 39.4 Å². The molecule has 54 heavy (non-hydrogen) atoms. The van der Waals surface area contributed by atoms with E-state index < -0.39 is 11.7 Å². The lowest BCUT2D eigenvalue weighted by atomic mass is 9.88. The van der Waals surface area contributed by atoms with E-state index in [1.165, 1.54) is 29.8 Å². The average Bonchev–Trinajstić information content (AvgIpc) is 3.78. The van der Waals surface area contributed by atoms with Gasteiger partial charge in [0.2, 0.25) is 17.7 Å². The summed E-state index contributed by atoms with van der Waals surface area (Å²) in [5.41, 5.74) is 2.95. The molecule has 0 unspecified atom stereocenters. The number of carbonyl (C=O) groups excluding carboxylic acids is 2. The summed E-state index contributed by atoms with van der Waals surface area (Å²) >= 11 is 0.